The molecule has 1 amide bonds. The van der Waals surface area contributed by atoms with E-state index in [0.717, 1.165) is 17.7 Å². The fraction of sp³-hybridized carbons (Fsp3) is 0.515. The number of hydrogen-bond donors (Lipinski definition) is 1. The summed E-state index contributed by atoms with van der Waals surface area (Å²) in [6, 6.07) is 13.1. The first-order valence-electron chi connectivity index (χ1n) is 14.9. The van der Waals surface area contributed by atoms with E-state index in [1.165, 1.54) is 75.5 Å². The van der Waals surface area contributed by atoms with E-state index in [2.05, 4.69) is 35.4 Å². The van der Waals surface area contributed by atoms with Crippen LogP contribution in [0.5, 0.6) is 11.5 Å². The van der Waals surface area contributed by atoms with Gasteiger partial charge in [0.1, 0.15) is 11.5 Å². The van der Waals surface area contributed by atoms with Crippen LogP contribution < -0.4 is 19.4 Å². The van der Waals surface area contributed by atoms with Gasteiger partial charge in [0.15, 0.2) is 19.3 Å². The highest BCUT2D eigenvalue weighted by atomic mass is 35.5. The zero-order chi connectivity index (χ0) is 28.4. The molecule has 0 bridgehead atoms. The summed E-state index contributed by atoms with van der Waals surface area (Å²) in [7, 11) is 0. The van der Waals surface area contributed by atoms with Crippen molar-refractivity contribution in [3.05, 3.63) is 69.6 Å². The second-order valence-corrected chi connectivity index (χ2v) is 12.0. The van der Waals surface area contributed by atoms with Crippen molar-refractivity contribution in [3.63, 3.8) is 0 Å². The first-order valence-corrected chi connectivity index (χ1v) is 16.2. The van der Waals surface area contributed by atoms with Crippen LogP contribution in [0.15, 0.2) is 54.2 Å². The Balaban J connectivity index is 1.30. The van der Waals surface area contributed by atoms with Crippen LogP contribution >= 0.6 is 22.9 Å². The normalized spacial score (nSPS) is 11.0. The highest BCUT2D eigenvalue weighted by molar-refractivity contribution is 7.09. The molecule has 0 radical (unpaired) electrons. The molecule has 2 aromatic carbocycles. The summed E-state index contributed by atoms with van der Waals surface area (Å²) in [5.74, 6) is 0.967. The minimum absolute atomic E-state index is 0.103. The molecule has 3 rings (SSSR count). The van der Waals surface area contributed by atoms with Gasteiger partial charge in [-0.25, -0.2) is 0 Å². The summed E-state index contributed by atoms with van der Waals surface area (Å²) in [4.78, 5) is 13.8. The van der Waals surface area contributed by atoms with Crippen LogP contribution in [-0.4, -0.2) is 19.1 Å². The number of thiazole rings is 1. The van der Waals surface area contributed by atoms with Crippen molar-refractivity contribution in [2.75, 3.05) is 18.5 Å². The van der Waals surface area contributed by atoms with E-state index in [9.17, 15) is 4.79 Å². The summed E-state index contributed by atoms with van der Waals surface area (Å²) >= 11 is 8.12. The zero-order valence-electron chi connectivity index (χ0n) is 24.3. The molecule has 218 valence electrons. The van der Waals surface area contributed by atoms with Crippen molar-refractivity contribution >= 4 is 34.5 Å². The van der Waals surface area contributed by atoms with Gasteiger partial charge < -0.3 is 14.8 Å². The van der Waals surface area contributed by atoms with Crippen molar-refractivity contribution in [1.29, 1.82) is 0 Å². The van der Waals surface area contributed by atoms with E-state index in [4.69, 9.17) is 21.1 Å². The molecule has 0 saturated carbocycles. The van der Waals surface area contributed by atoms with E-state index < -0.39 is 0 Å². The van der Waals surface area contributed by atoms with Gasteiger partial charge in [-0.3, -0.25) is 4.79 Å². The summed E-state index contributed by atoms with van der Waals surface area (Å²) in [5, 5.41) is 3.46. The van der Waals surface area contributed by atoms with Crippen LogP contribution in [0, 0.1) is 6.92 Å². The lowest BCUT2D eigenvalue weighted by molar-refractivity contribution is -0.683. The van der Waals surface area contributed by atoms with E-state index in [-0.39, 0.29) is 12.5 Å². The molecule has 0 saturated heterocycles. The highest BCUT2D eigenvalue weighted by Gasteiger charge is 2.13. The lowest BCUT2D eigenvalue weighted by Gasteiger charge is -2.12. The third kappa shape index (κ3) is 12.3. The van der Waals surface area contributed by atoms with E-state index >= 15 is 0 Å². The second kappa shape index (κ2) is 18.7. The maximum atomic E-state index is 12.6. The average Bonchev–Trinajstić information content (AvgIpc) is 3.36. The minimum atomic E-state index is -0.220. The first-order chi connectivity index (χ1) is 19.5. The van der Waals surface area contributed by atoms with E-state index in [0.29, 0.717) is 29.7 Å². The number of aromatic nitrogens is 1. The van der Waals surface area contributed by atoms with Gasteiger partial charge in [-0.05, 0) is 31.5 Å². The zero-order valence-corrected chi connectivity index (χ0v) is 25.8. The van der Waals surface area contributed by atoms with Crippen molar-refractivity contribution in [2.45, 2.75) is 97.4 Å². The molecule has 0 atom stereocenters. The summed E-state index contributed by atoms with van der Waals surface area (Å²) in [6.45, 7) is 5.59. The number of para-hydroxylation sites is 1. The van der Waals surface area contributed by atoms with Crippen LogP contribution in [0.25, 0.3) is 0 Å². The number of benzene rings is 2. The van der Waals surface area contributed by atoms with Gasteiger partial charge >= 0.3 is 0 Å². The Morgan fingerprint density at radius 1 is 0.900 bits per heavy atom. The van der Waals surface area contributed by atoms with Gasteiger partial charge in [0.25, 0.3) is 5.91 Å². The quantitative estimate of drug-likeness (QED) is 0.106. The van der Waals surface area contributed by atoms with Gasteiger partial charge in [-0.1, -0.05) is 119 Å². The standard InChI is InChI=1S/C33H45ClN2O3S/c1-3-4-5-6-7-8-9-10-11-12-13-16-21-38-32-20-19-29(22-30(32)34)39-25-33(37)35-31-18-15-14-17-28(31)24-36-23-27(2)40-26-36/h14-15,17-20,22-23,26H,3-13,16,21,24-25H2,1-2H3/p+1. The molecule has 0 aliphatic heterocycles. The van der Waals surface area contributed by atoms with Crippen LogP contribution in [0.4, 0.5) is 5.69 Å². The molecule has 1 aromatic heterocycles. The molecule has 1 N–H and O–H groups in total. The van der Waals surface area contributed by atoms with Crippen molar-refractivity contribution < 1.29 is 18.8 Å². The smallest absolute Gasteiger partial charge is 0.262 e. The molecular formula is C33H46ClN2O3S+. The van der Waals surface area contributed by atoms with E-state index in [1.807, 2.05) is 30.3 Å². The predicted octanol–water partition coefficient (Wildman–Crippen LogP) is 9.14. The van der Waals surface area contributed by atoms with Gasteiger partial charge in [-0.15, -0.1) is 0 Å². The summed E-state index contributed by atoms with van der Waals surface area (Å²) in [5.41, 5.74) is 3.90. The largest absolute Gasteiger partial charge is 0.492 e. The number of ether oxygens (including phenoxy) is 2. The number of amides is 1. The van der Waals surface area contributed by atoms with Gasteiger partial charge in [0.2, 0.25) is 5.51 Å². The molecule has 0 aliphatic carbocycles. The van der Waals surface area contributed by atoms with Crippen molar-refractivity contribution in [2.24, 2.45) is 0 Å². The number of nitrogens with zero attached hydrogens (tertiary/aromatic N) is 1. The molecule has 0 unspecified atom stereocenters. The SMILES string of the molecule is CCCCCCCCCCCCCCOc1ccc(OCC(=O)Nc2ccccc2C[n+]2csc(C)c2)cc1Cl. The lowest BCUT2D eigenvalue weighted by atomic mass is 10.1. The molecule has 5 nitrogen and oxygen atoms in total. The second-order valence-electron chi connectivity index (χ2n) is 10.5. The number of nitrogens with one attached hydrogen (secondary N) is 1. The number of hydrogen-bond acceptors (Lipinski definition) is 4. The minimum Gasteiger partial charge on any atom is -0.492 e. The average molecular weight is 586 g/mol. The van der Waals surface area contributed by atoms with Gasteiger partial charge in [0.05, 0.1) is 22.2 Å². The Kier molecular flexibility index (Phi) is 15.0. The Morgan fingerprint density at radius 2 is 1.57 bits per heavy atom. The number of aryl methyl sites for hydroxylation is 1. The monoisotopic (exact) mass is 585 g/mol. The molecule has 0 spiro atoms. The first kappa shape index (κ1) is 32.0. The fourth-order valence-corrected chi connectivity index (χ4v) is 5.51. The number of rotatable bonds is 20. The maximum absolute atomic E-state index is 12.6. The third-order valence-electron chi connectivity index (χ3n) is 6.89. The molecular weight excluding hydrogens is 540 g/mol. The van der Waals surface area contributed by atoms with Gasteiger partial charge in [-0.2, -0.15) is 4.57 Å². The molecule has 7 heteroatoms. The summed E-state index contributed by atoms with van der Waals surface area (Å²) < 4.78 is 13.7. The fourth-order valence-electron chi connectivity index (χ4n) is 4.65. The Hall–Kier alpha value is -2.57. The number of unbranched alkanes of at least 4 members (excludes halogenated alkanes) is 11. The summed E-state index contributed by atoms with van der Waals surface area (Å²) in [6.07, 6.45) is 17.9. The molecule has 0 fully saturated rings. The van der Waals surface area contributed by atoms with Crippen LogP contribution in [-0.2, 0) is 11.3 Å². The Bertz CT molecular complexity index is 1150. The Labute approximate surface area is 249 Å². The number of carbonyl (C=O) groups is 1. The topological polar surface area (TPSA) is 51.4 Å². The Morgan fingerprint density at radius 3 is 2.23 bits per heavy atom. The molecule has 1 heterocycles. The highest BCUT2D eigenvalue weighted by Crippen LogP contribution is 2.29. The lowest BCUT2D eigenvalue weighted by Crippen LogP contribution is -2.31. The molecule has 3 aromatic rings. The number of anilines is 1. The molecule has 40 heavy (non-hydrogen) atoms. The predicted molar refractivity (Wildman–Crippen MR) is 167 cm³/mol. The van der Waals surface area contributed by atoms with Crippen molar-refractivity contribution in [1.82, 2.24) is 0 Å². The van der Waals surface area contributed by atoms with Crippen LogP contribution in [0.3, 0.4) is 0 Å². The van der Waals surface area contributed by atoms with Crippen LogP contribution in [0.1, 0.15) is 94.4 Å². The number of carbonyl (C=O) groups excluding carboxylic acids is 1. The third-order valence-corrected chi connectivity index (χ3v) is 8.04. The number of halogens is 1. The maximum Gasteiger partial charge on any atom is 0.262 e. The van der Waals surface area contributed by atoms with E-state index in [1.54, 1.807) is 23.5 Å². The van der Waals surface area contributed by atoms with Crippen molar-refractivity contribution in [3.8, 4) is 11.5 Å². The van der Waals surface area contributed by atoms with Crippen LogP contribution in [0.2, 0.25) is 5.02 Å². The van der Waals surface area contributed by atoms with Gasteiger partial charge in [0, 0.05) is 11.6 Å². The molecule has 0 aliphatic rings.